The van der Waals surface area contributed by atoms with Gasteiger partial charge in [0, 0.05) is 17.0 Å². The van der Waals surface area contributed by atoms with Crippen molar-refractivity contribution in [1.29, 1.82) is 0 Å². The summed E-state index contributed by atoms with van der Waals surface area (Å²) in [6.07, 6.45) is 1.13. The van der Waals surface area contributed by atoms with Crippen LogP contribution in [-0.4, -0.2) is 10.9 Å². The zero-order chi connectivity index (χ0) is 14.5. The summed E-state index contributed by atoms with van der Waals surface area (Å²) in [4.78, 5) is 12.2. The summed E-state index contributed by atoms with van der Waals surface area (Å²) >= 11 is 0. The van der Waals surface area contributed by atoms with Gasteiger partial charge in [0.2, 0.25) is 0 Å². The van der Waals surface area contributed by atoms with Crippen molar-refractivity contribution in [2.24, 2.45) is 5.92 Å². The lowest BCUT2D eigenvalue weighted by atomic mass is 9.95. The zero-order valence-corrected chi connectivity index (χ0v) is 11.5. The van der Waals surface area contributed by atoms with Crippen LogP contribution in [0.15, 0.2) is 67.3 Å². The van der Waals surface area contributed by atoms with Crippen molar-refractivity contribution in [2.75, 3.05) is 0 Å². The van der Waals surface area contributed by atoms with E-state index in [0.717, 1.165) is 5.56 Å². The van der Waals surface area contributed by atoms with Crippen LogP contribution in [0.2, 0.25) is 0 Å². The van der Waals surface area contributed by atoms with Gasteiger partial charge in [0.05, 0.1) is 6.10 Å². The van der Waals surface area contributed by atoms with Crippen LogP contribution in [0.3, 0.4) is 0 Å². The highest BCUT2D eigenvalue weighted by atomic mass is 16.3. The molecular formula is C18H18O2. The Labute approximate surface area is 119 Å². The average Bonchev–Trinajstić information content (AvgIpc) is 2.53. The molecule has 0 aliphatic carbocycles. The van der Waals surface area contributed by atoms with Crippen molar-refractivity contribution in [3.05, 3.63) is 83.9 Å². The third-order valence-corrected chi connectivity index (χ3v) is 3.42. The van der Waals surface area contributed by atoms with Gasteiger partial charge in [-0.2, -0.15) is 0 Å². The van der Waals surface area contributed by atoms with E-state index in [1.807, 2.05) is 25.1 Å². The van der Waals surface area contributed by atoms with Crippen molar-refractivity contribution < 1.29 is 9.90 Å². The minimum atomic E-state index is -0.589. The van der Waals surface area contributed by atoms with Crippen molar-refractivity contribution in [3.63, 3.8) is 0 Å². The molecule has 0 aromatic heterocycles. The number of hydrogen-bond donors (Lipinski definition) is 1. The van der Waals surface area contributed by atoms with Crippen LogP contribution in [0.1, 0.15) is 34.5 Å². The molecule has 1 N–H and O–H groups in total. The van der Waals surface area contributed by atoms with E-state index in [-0.39, 0.29) is 11.7 Å². The Bertz CT molecular complexity index is 585. The highest BCUT2D eigenvalue weighted by molar-refractivity contribution is 6.08. The fourth-order valence-corrected chi connectivity index (χ4v) is 2.02. The quantitative estimate of drug-likeness (QED) is 0.660. The number of hydrogen-bond acceptors (Lipinski definition) is 2. The molecule has 20 heavy (non-hydrogen) atoms. The number of carbonyl (C=O) groups excluding carboxylic acids is 1. The average molecular weight is 266 g/mol. The predicted octanol–water partition coefficient (Wildman–Crippen LogP) is 3.77. The predicted molar refractivity (Wildman–Crippen MR) is 80.6 cm³/mol. The maximum Gasteiger partial charge on any atom is 0.193 e. The molecule has 2 rings (SSSR count). The van der Waals surface area contributed by atoms with E-state index >= 15 is 0 Å². The smallest absolute Gasteiger partial charge is 0.193 e. The Morgan fingerprint density at radius 1 is 1.05 bits per heavy atom. The van der Waals surface area contributed by atoms with Gasteiger partial charge in [-0.1, -0.05) is 67.6 Å². The molecule has 2 heteroatoms. The first-order valence-electron chi connectivity index (χ1n) is 6.64. The third kappa shape index (κ3) is 3.03. The molecule has 2 aromatic rings. The summed E-state index contributed by atoms with van der Waals surface area (Å²) in [7, 11) is 0. The number of benzene rings is 2. The van der Waals surface area contributed by atoms with Crippen molar-refractivity contribution in [2.45, 2.75) is 13.0 Å². The molecule has 0 heterocycles. The first-order valence-corrected chi connectivity index (χ1v) is 6.64. The van der Waals surface area contributed by atoms with Gasteiger partial charge in [-0.15, -0.1) is 6.58 Å². The standard InChI is InChI=1S/C18H18O2/c1-3-13(2)17(19)15-9-11-16(12-10-15)18(20)14-7-5-4-6-8-14/h3-13,17,19H,1H2,2H3. The minimum Gasteiger partial charge on any atom is -0.388 e. The van der Waals surface area contributed by atoms with Crippen LogP contribution in [0, 0.1) is 5.92 Å². The van der Waals surface area contributed by atoms with E-state index in [9.17, 15) is 9.90 Å². The molecule has 0 fully saturated rings. The first kappa shape index (κ1) is 14.2. The van der Waals surface area contributed by atoms with Gasteiger partial charge < -0.3 is 5.11 Å². The highest BCUT2D eigenvalue weighted by Gasteiger charge is 2.14. The molecule has 0 saturated heterocycles. The van der Waals surface area contributed by atoms with Gasteiger partial charge in [0.1, 0.15) is 0 Å². The summed E-state index contributed by atoms with van der Waals surface area (Å²) < 4.78 is 0. The Kier molecular flexibility index (Phi) is 4.49. The summed E-state index contributed by atoms with van der Waals surface area (Å²) in [6.45, 7) is 5.58. The SMILES string of the molecule is C=CC(C)C(O)c1ccc(C(=O)c2ccccc2)cc1. The molecule has 0 bridgehead atoms. The minimum absolute atomic E-state index is 0.0107. The fraction of sp³-hybridized carbons (Fsp3) is 0.167. The van der Waals surface area contributed by atoms with Crippen LogP contribution in [0.4, 0.5) is 0 Å². The van der Waals surface area contributed by atoms with Crippen LogP contribution in [0.25, 0.3) is 0 Å². The number of ketones is 1. The Morgan fingerprint density at radius 2 is 1.60 bits per heavy atom. The topological polar surface area (TPSA) is 37.3 Å². The lowest BCUT2D eigenvalue weighted by Crippen LogP contribution is -2.07. The molecule has 0 radical (unpaired) electrons. The van der Waals surface area contributed by atoms with Gasteiger partial charge in [-0.3, -0.25) is 4.79 Å². The Balaban J connectivity index is 2.20. The van der Waals surface area contributed by atoms with Crippen molar-refractivity contribution in [3.8, 4) is 0 Å². The Hall–Kier alpha value is -2.19. The molecule has 2 atom stereocenters. The summed E-state index contributed by atoms with van der Waals surface area (Å²) in [5, 5.41) is 10.1. The van der Waals surface area contributed by atoms with Gasteiger partial charge in [-0.05, 0) is 5.56 Å². The lowest BCUT2D eigenvalue weighted by molar-refractivity contribution is 0.103. The summed E-state index contributed by atoms with van der Waals surface area (Å²) in [5.41, 5.74) is 2.08. The molecule has 2 aromatic carbocycles. The lowest BCUT2D eigenvalue weighted by Gasteiger charge is -2.15. The van der Waals surface area contributed by atoms with Crippen molar-refractivity contribution in [1.82, 2.24) is 0 Å². The zero-order valence-electron chi connectivity index (χ0n) is 11.5. The monoisotopic (exact) mass is 266 g/mol. The number of aliphatic hydroxyl groups excluding tert-OH is 1. The van der Waals surface area contributed by atoms with E-state index in [1.54, 1.807) is 42.5 Å². The van der Waals surface area contributed by atoms with Crippen LogP contribution in [-0.2, 0) is 0 Å². The van der Waals surface area contributed by atoms with E-state index in [0.29, 0.717) is 11.1 Å². The first-order chi connectivity index (χ1) is 9.63. The molecule has 2 nitrogen and oxygen atoms in total. The molecule has 0 saturated carbocycles. The summed E-state index contributed by atoms with van der Waals surface area (Å²) in [5.74, 6) is -0.0333. The van der Waals surface area contributed by atoms with Crippen LogP contribution >= 0.6 is 0 Å². The Morgan fingerprint density at radius 3 is 2.15 bits per heavy atom. The maximum absolute atomic E-state index is 12.2. The molecule has 0 spiro atoms. The van der Waals surface area contributed by atoms with Gasteiger partial charge in [0.15, 0.2) is 5.78 Å². The normalized spacial score (nSPS) is 13.5. The molecule has 0 amide bonds. The second-order valence-corrected chi connectivity index (χ2v) is 4.86. The largest absolute Gasteiger partial charge is 0.388 e. The molecule has 0 aliphatic rings. The molecule has 102 valence electrons. The van der Waals surface area contributed by atoms with Gasteiger partial charge >= 0.3 is 0 Å². The fourth-order valence-electron chi connectivity index (χ4n) is 2.02. The van der Waals surface area contributed by atoms with Gasteiger partial charge in [-0.25, -0.2) is 0 Å². The summed E-state index contributed by atoms with van der Waals surface area (Å²) in [6, 6.07) is 16.3. The van der Waals surface area contributed by atoms with E-state index in [1.165, 1.54) is 0 Å². The second kappa shape index (κ2) is 6.31. The van der Waals surface area contributed by atoms with Crippen molar-refractivity contribution >= 4 is 5.78 Å². The van der Waals surface area contributed by atoms with Crippen LogP contribution in [0.5, 0.6) is 0 Å². The molecular weight excluding hydrogens is 248 g/mol. The third-order valence-electron chi connectivity index (χ3n) is 3.42. The van der Waals surface area contributed by atoms with E-state index < -0.39 is 6.10 Å². The number of carbonyl (C=O) groups is 1. The second-order valence-electron chi connectivity index (χ2n) is 4.86. The van der Waals surface area contributed by atoms with E-state index in [4.69, 9.17) is 0 Å². The highest BCUT2D eigenvalue weighted by Crippen LogP contribution is 2.23. The molecule has 0 aliphatic heterocycles. The van der Waals surface area contributed by atoms with Gasteiger partial charge in [0.25, 0.3) is 0 Å². The number of rotatable bonds is 5. The molecule has 2 unspecified atom stereocenters. The van der Waals surface area contributed by atoms with Crippen LogP contribution < -0.4 is 0 Å². The maximum atomic E-state index is 12.2. The number of aliphatic hydroxyl groups is 1. The van der Waals surface area contributed by atoms with E-state index in [2.05, 4.69) is 6.58 Å².